The summed E-state index contributed by atoms with van der Waals surface area (Å²) in [6, 6.07) is 8.36. The molecule has 1 aromatic heterocycles. The Bertz CT molecular complexity index is 740. The number of aryl methyl sites for hydroxylation is 1. The van der Waals surface area contributed by atoms with E-state index < -0.39 is 0 Å². The van der Waals surface area contributed by atoms with Crippen molar-refractivity contribution < 1.29 is 9.53 Å². The van der Waals surface area contributed by atoms with Gasteiger partial charge in [-0.1, -0.05) is 18.2 Å². The highest BCUT2D eigenvalue weighted by atomic mass is 16.5. The lowest BCUT2D eigenvalue weighted by molar-refractivity contribution is -0.138. The van der Waals surface area contributed by atoms with Crippen molar-refractivity contribution >= 4 is 5.91 Å². The van der Waals surface area contributed by atoms with Gasteiger partial charge in [-0.25, -0.2) is 4.98 Å². The van der Waals surface area contributed by atoms with Gasteiger partial charge in [-0.2, -0.15) is 0 Å². The number of rotatable bonds is 2. The summed E-state index contributed by atoms with van der Waals surface area (Å²) < 4.78 is 8.00. The summed E-state index contributed by atoms with van der Waals surface area (Å²) >= 11 is 0. The van der Waals surface area contributed by atoms with E-state index in [1.165, 1.54) is 0 Å². The van der Waals surface area contributed by atoms with E-state index in [-0.39, 0.29) is 11.8 Å². The molecule has 0 aliphatic carbocycles. The fourth-order valence-corrected chi connectivity index (χ4v) is 3.90. The Balaban J connectivity index is 1.46. The zero-order valence-electron chi connectivity index (χ0n) is 14.0. The smallest absolute Gasteiger partial charge is 0.229 e. The Morgan fingerprint density at radius 1 is 1.33 bits per heavy atom. The molecular formula is C19H23N3O2. The van der Waals surface area contributed by atoms with Gasteiger partial charge in [0.2, 0.25) is 5.91 Å². The molecule has 126 valence electrons. The molecule has 1 fully saturated rings. The van der Waals surface area contributed by atoms with Crippen molar-refractivity contribution in [2.24, 2.45) is 5.92 Å². The number of para-hydroxylation sites is 1. The van der Waals surface area contributed by atoms with Crippen LogP contribution in [0.25, 0.3) is 0 Å². The summed E-state index contributed by atoms with van der Waals surface area (Å²) in [5.41, 5.74) is 1.14. The Kier molecular flexibility index (Phi) is 4.00. The summed E-state index contributed by atoms with van der Waals surface area (Å²) in [6.45, 7) is 4.13. The summed E-state index contributed by atoms with van der Waals surface area (Å²) in [6.07, 6.45) is 6.78. The number of nitrogens with zero attached hydrogens (tertiary/aromatic N) is 3. The van der Waals surface area contributed by atoms with Crippen LogP contribution in [0.3, 0.4) is 0 Å². The van der Waals surface area contributed by atoms with Gasteiger partial charge < -0.3 is 14.2 Å². The lowest BCUT2D eigenvalue weighted by Crippen LogP contribution is -2.46. The highest BCUT2D eigenvalue weighted by molar-refractivity contribution is 5.80. The number of likely N-dealkylation sites (tertiary alicyclic amines) is 1. The van der Waals surface area contributed by atoms with Crippen molar-refractivity contribution in [2.45, 2.75) is 32.2 Å². The maximum Gasteiger partial charge on any atom is 0.229 e. The standard InChI is InChI=1S/C19H23N3O2/c1-14-20-8-10-22(14)17-6-4-9-21(12-17)19(23)16-11-15-5-2-3-7-18(15)24-13-16/h2-3,5,7-8,10,16-17H,4,6,9,11-13H2,1H3/t16-,17-/m0/s1. The van der Waals surface area contributed by atoms with Gasteiger partial charge in [-0.05, 0) is 37.8 Å². The highest BCUT2D eigenvalue weighted by Crippen LogP contribution is 2.29. The van der Waals surface area contributed by atoms with E-state index in [2.05, 4.69) is 15.6 Å². The average Bonchev–Trinajstić information content (AvgIpc) is 3.07. The third-order valence-corrected chi connectivity index (χ3v) is 5.19. The second kappa shape index (κ2) is 6.30. The highest BCUT2D eigenvalue weighted by Gasteiger charge is 2.32. The number of amides is 1. The van der Waals surface area contributed by atoms with E-state index in [0.29, 0.717) is 12.6 Å². The zero-order valence-corrected chi connectivity index (χ0v) is 14.0. The minimum atomic E-state index is -0.0671. The summed E-state index contributed by atoms with van der Waals surface area (Å²) in [5, 5.41) is 0. The van der Waals surface area contributed by atoms with Crippen molar-refractivity contribution in [3.63, 3.8) is 0 Å². The molecule has 2 aromatic rings. The second-order valence-corrected chi connectivity index (χ2v) is 6.78. The van der Waals surface area contributed by atoms with Crippen molar-refractivity contribution in [1.82, 2.24) is 14.5 Å². The van der Waals surface area contributed by atoms with Crippen molar-refractivity contribution in [2.75, 3.05) is 19.7 Å². The molecule has 1 aromatic carbocycles. The van der Waals surface area contributed by atoms with Gasteiger partial charge in [0.15, 0.2) is 0 Å². The number of hydrogen-bond acceptors (Lipinski definition) is 3. The van der Waals surface area contributed by atoms with Gasteiger partial charge >= 0.3 is 0 Å². The van der Waals surface area contributed by atoms with Crippen LogP contribution < -0.4 is 4.74 Å². The fraction of sp³-hybridized carbons (Fsp3) is 0.474. The van der Waals surface area contributed by atoms with E-state index in [4.69, 9.17) is 4.74 Å². The van der Waals surface area contributed by atoms with Gasteiger partial charge in [0.25, 0.3) is 0 Å². The molecule has 24 heavy (non-hydrogen) atoms. The molecule has 0 bridgehead atoms. The van der Waals surface area contributed by atoms with Gasteiger partial charge in [0, 0.05) is 25.5 Å². The number of hydrogen-bond donors (Lipinski definition) is 0. The van der Waals surface area contributed by atoms with Crippen LogP contribution in [-0.4, -0.2) is 40.1 Å². The predicted octanol–water partition coefficient (Wildman–Crippen LogP) is 2.61. The van der Waals surface area contributed by atoms with Crippen molar-refractivity contribution in [3.05, 3.63) is 48.0 Å². The number of benzene rings is 1. The third-order valence-electron chi connectivity index (χ3n) is 5.19. The van der Waals surface area contributed by atoms with E-state index in [1.54, 1.807) is 0 Å². The quantitative estimate of drug-likeness (QED) is 0.853. The molecule has 2 aliphatic heterocycles. The average molecular weight is 325 g/mol. The van der Waals surface area contributed by atoms with Gasteiger partial charge in [-0.3, -0.25) is 4.79 Å². The number of carbonyl (C=O) groups is 1. The minimum absolute atomic E-state index is 0.0671. The van der Waals surface area contributed by atoms with E-state index in [1.807, 2.05) is 42.4 Å². The molecule has 4 rings (SSSR count). The lowest BCUT2D eigenvalue weighted by Gasteiger charge is -2.36. The largest absolute Gasteiger partial charge is 0.492 e. The van der Waals surface area contributed by atoms with Crippen molar-refractivity contribution in [1.29, 1.82) is 0 Å². The minimum Gasteiger partial charge on any atom is -0.492 e. The van der Waals surface area contributed by atoms with Gasteiger partial charge in [0.1, 0.15) is 18.2 Å². The molecule has 0 N–H and O–H groups in total. The molecule has 1 saturated heterocycles. The first-order valence-corrected chi connectivity index (χ1v) is 8.71. The topological polar surface area (TPSA) is 47.4 Å². The number of aromatic nitrogens is 2. The molecule has 3 heterocycles. The number of carbonyl (C=O) groups excluding carboxylic acids is 1. The molecule has 5 nitrogen and oxygen atoms in total. The van der Waals surface area contributed by atoms with Crippen LogP contribution in [0.5, 0.6) is 5.75 Å². The normalized spacial score (nSPS) is 23.5. The number of fused-ring (bicyclic) bond motifs is 1. The Morgan fingerprint density at radius 3 is 3.04 bits per heavy atom. The monoisotopic (exact) mass is 325 g/mol. The Morgan fingerprint density at radius 2 is 2.21 bits per heavy atom. The first-order valence-electron chi connectivity index (χ1n) is 8.71. The van der Waals surface area contributed by atoms with Crippen LogP contribution in [0.4, 0.5) is 0 Å². The molecule has 0 spiro atoms. The summed E-state index contributed by atoms with van der Waals surface area (Å²) in [5.74, 6) is 2.10. The first kappa shape index (κ1) is 15.2. The zero-order chi connectivity index (χ0) is 16.5. The predicted molar refractivity (Wildman–Crippen MR) is 90.9 cm³/mol. The molecule has 5 heteroatoms. The first-order chi connectivity index (χ1) is 11.7. The molecular weight excluding hydrogens is 302 g/mol. The van der Waals surface area contributed by atoms with Gasteiger partial charge in [0.05, 0.1) is 12.0 Å². The van der Waals surface area contributed by atoms with Crippen LogP contribution >= 0.6 is 0 Å². The number of ether oxygens (including phenoxy) is 1. The van der Waals surface area contributed by atoms with E-state index in [9.17, 15) is 4.79 Å². The maximum atomic E-state index is 13.0. The second-order valence-electron chi connectivity index (χ2n) is 6.78. The van der Waals surface area contributed by atoms with Crippen LogP contribution in [-0.2, 0) is 11.2 Å². The van der Waals surface area contributed by atoms with Crippen LogP contribution in [0.1, 0.15) is 30.3 Å². The van der Waals surface area contributed by atoms with Crippen LogP contribution in [0.15, 0.2) is 36.7 Å². The third kappa shape index (κ3) is 2.79. The Labute approximate surface area is 142 Å². The summed E-state index contributed by atoms with van der Waals surface area (Å²) in [4.78, 5) is 19.3. The molecule has 0 radical (unpaired) electrons. The Hall–Kier alpha value is -2.30. The molecule has 2 atom stereocenters. The van der Waals surface area contributed by atoms with Crippen molar-refractivity contribution in [3.8, 4) is 5.75 Å². The van der Waals surface area contributed by atoms with E-state index in [0.717, 1.165) is 49.5 Å². The van der Waals surface area contributed by atoms with Crippen LogP contribution in [0, 0.1) is 12.8 Å². The molecule has 0 unspecified atom stereocenters. The molecule has 0 saturated carbocycles. The maximum absolute atomic E-state index is 13.0. The lowest BCUT2D eigenvalue weighted by atomic mass is 9.94. The number of imidazole rings is 1. The molecule has 2 aliphatic rings. The summed E-state index contributed by atoms with van der Waals surface area (Å²) in [7, 11) is 0. The SMILES string of the molecule is Cc1nccn1[C@H]1CCCN(C(=O)[C@@H]2COc3ccccc3C2)C1. The fourth-order valence-electron chi connectivity index (χ4n) is 3.90. The van der Waals surface area contributed by atoms with Crippen LogP contribution in [0.2, 0.25) is 0 Å². The molecule has 1 amide bonds. The van der Waals surface area contributed by atoms with Gasteiger partial charge in [-0.15, -0.1) is 0 Å². The van der Waals surface area contributed by atoms with E-state index >= 15 is 0 Å². The number of piperidine rings is 1.